The minimum absolute atomic E-state index is 0.0566. The fraction of sp³-hybridized carbons (Fsp3) is 1.00. The standard InChI is InChI=1S/C15H26O5/c16-9-3-1-8(2-4-9)15-13(19)7-11-12(18)5-10(17)6-14(11)20-15/h8-19H,1-7H2. The number of rotatable bonds is 1. The van der Waals surface area contributed by atoms with Crippen LogP contribution >= 0.6 is 0 Å². The van der Waals surface area contributed by atoms with E-state index in [1.807, 2.05) is 0 Å². The highest BCUT2D eigenvalue weighted by Gasteiger charge is 2.46. The van der Waals surface area contributed by atoms with Gasteiger partial charge >= 0.3 is 0 Å². The number of aliphatic hydroxyl groups is 4. The third-order valence-corrected chi connectivity index (χ3v) is 5.42. The van der Waals surface area contributed by atoms with Crippen molar-refractivity contribution in [3.05, 3.63) is 0 Å². The van der Waals surface area contributed by atoms with E-state index in [0.29, 0.717) is 19.3 Å². The zero-order valence-electron chi connectivity index (χ0n) is 11.8. The molecule has 2 saturated carbocycles. The predicted octanol–water partition coefficient (Wildman–Crippen LogP) is 0.188. The Morgan fingerprint density at radius 2 is 1.40 bits per heavy atom. The van der Waals surface area contributed by atoms with Crippen LogP contribution in [0.4, 0.5) is 0 Å². The topological polar surface area (TPSA) is 90.2 Å². The molecule has 3 aliphatic rings. The molecule has 0 bridgehead atoms. The van der Waals surface area contributed by atoms with Crippen molar-refractivity contribution in [2.75, 3.05) is 0 Å². The molecule has 0 radical (unpaired) electrons. The molecular weight excluding hydrogens is 260 g/mol. The maximum absolute atomic E-state index is 10.3. The summed E-state index contributed by atoms with van der Waals surface area (Å²) in [6.07, 6.45) is 2.63. The first-order chi connectivity index (χ1) is 9.54. The van der Waals surface area contributed by atoms with Crippen LogP contribution in [0.5, 0.6) is 0 Å². The molecule has 3 rings (SSSR count). The first kappa shape index (κ1) is 14.7. The highest BCUT2D eigenvalue weighted by molar-refractivity contribution is 4.96. The molecule has 4 N–H and O–H groups in total. The molecule has 3 fully saturated rings. The summed E-state index contributed by atoms with van der Waals surface area (Å²) in [6, 6.07) is 0. The van der Waals surface area contributed by atoms with Gasteiger partial charge in [0.1, 0.15) is 0 Å². The number of hydrogen-bond acceptors (Lipinski definition) is 5. The van der Waals surface area contributed by atoms with Gasteiger partial charge in [-0.15, -0.1) is 0 Å². The van der Waals surface area contributed by atoms with Crippen LogP contribution in [0.1, 0.15) is 44.9 Å². The molecular formula is C15H26O5. The maximum atomic E-state index is 10.3. The molecule has 5 nitrogen and oxygen atoms in total. The third-order valence-electron chi connectivity index (χ3n) is 5.42. The van der Waals surface area contributed by atoms with E-state index in [2.05, 4.69) is 0 Å². The summed E-state index contributed by atoms with van der Waals surface area (Å²) >= 11 is 0. The lowest BCUT2D eigenvalue weighted by Crippen LogP contribution is -2.55. The molecule has 0 aromatic rings. The van der Waals surface area contributed by atoms with Gasteiger partial charge in [0.2, 0.25) is 0 Å². The highest BCUT2D eigenvalue weighted by Crippen LogP contribution is 2.41. The quantitative estimate of drug-likeness (QED) is 0.552. The molecule has 20 heavy (non-hydrogen) atoms. The molecule has 0 amide bonds. The molecule has 116 valence electrons. The summed E-state index contributed by atoms with van der Waals surface area (Å²) < 4.78 is 6.07. The Labute approximate surface area is 119 Å². The third kappa shape index (κ3) is 2.88. The Morgan fingerprint density at radius 1 is 0.700 bits per heavy atom. The van der Waals surface area contributed by atoms with E-state index in [0.717, 1.165) is 25.7 Å². The zero-order chi connectivity index (χ0) is 14.3. The normalized spacial score (nSPS) is 53.4. The lowest BCUT2D eigenvalue weighted by Gasteiger charge is -2.48. The van der Waals surface area contributed by atoms with Crippen LogP contribution in [0.2, 0.25) is 0 Å². The molecule has 6 unspecified atom stereocenters. The van der Waals surface area contributed by atoms with E-state index >= 15 is 0 Å². The first-order valence-corrected chi connectivity index (χ1v) is 7.92. The maximum Gasteiger partial charge on any atom is 0.0866 e. The molecule has 0 aromatic heterocycles. The van der Waals surface area contributed by atoms with E-state index in [-0.39, 0.29) is 30.1 Å². The van der Waals surface area contributed by atoms with Crippen LogP contribution in [0, 0.1) is 11.8 Å². The molecule has 6 atom stereocenters. The van der Waals surface area contributed by atoms with Crippen LogP contribution in [-0.2, 0) is 4.74 Å². The monoisotopic (exact) mass is 286 g/mol. The van der Waals surface area contributed by atoms with Crippen molar-refractivity contribution < 1.29 is 25.2 Å². The van der Waals surface area contributed by atoms with E-state index in [1.165, 1.54) is 0 Å². The summed E-state index contributed by atoms with van der Waals surface area (Å²) in [6.45, 7) is 0. The zero-order valence-corrected chi connectivity index (χ0v) is 11.8. The van der Waals surface area contributed by atoms with Crippen molar-refractivity contribution in [2.45, 2.75) is 81.6 Å². The van der Waals surface area contributed by atoms with Gasteiger partial charge in [-0.25, -0.2) is 0 Å². The van der Waals surface area contributed by atoms with Crippen molar-refractivity contribution in [1.82, 2.24) is 0 Å². The number of hydrogen-bond donors (Lipinski definition) is 4. The Kier molecular flexibility index (Phi) is 4.34. The lowest BCUT2D eigenvalue weighted by atomic mass is 9.73. The molecule has 1 aliphatic heterocycles. The molecule has 1 heterocycles. The van der Waals surface area contributed by atoms with E-state index in [4.69, 9.17) is 4.74 Å². The van der Waals surface area contributed by atoms with Crippen molar-refractivity contribution >= 4 is 0 Å². The van der Waals surface area contributed by atoms with Crippen LogP contribution in [-0.4, -0.2) is 57.0 Å². The summed E-state index contributed by atoms with van der Waals surface area (Å²) in [5.41, 5.74) is 0. The van der Waals surface area contributed by atoms with Gasteiger partial charge in [-0.2, -0.15) is 0 Å². The summed E-state index contributed by atoms with van der Waals surface area (Å²) in [5.74, 6) is 0.226. The van der Waals surface area contributed by atoms with Crippen LogP contribution in [0.3, 0.4) is 0 Å². The average Bonchev–Trinajstić information content (AvgIpc) is 2.40. The minimum atomic E-state index is -0.576. The fourth-order valence-electron chi connectivity index (χ4n) is 4.27. The smallest absolute Gasteiger partial charge is 0.0866 e. The van der Waals surface area contributed by atoms with E-state index < -0.39 is 18.3 Å². The van der Waals surface area contributed by atoms with Gasteiger partial charge in [0.05, 0.1) is 36.6 Å². The van der Waals surface area contributed by atoms with Crippen molar-refractivity contribution in [3.8, 4) is 0 Å². The van der Waals surface area contributed by atoms with Gasteiger partial charge in [0.15, 0.2) is 0 Å². The number of ether oxygens (including phenoxy) is 1. The van der Waals surface area contributed by atoms with Crippen molar-refractivity contribution in [3.63, 3.8) is 0 Å². The predicted molar refractivity (Wildman–Crippen MR) is 72.0 cm³/mol. The largest absolute Gasteiger partial charge is 0.393 e. The van der Waals surface area contributed by atoms with Crippen LogP contribution in [0.15, 0.2) is 0 Å². The Morgan fingerprint density at radius 3 is 2.10 bits per heavy atom. The van der Waals surface area contributed by atoms with Gasteiger partial charge in [0.25, 0.3) is 0 Å². The van der Waals surface area contributed by atoms with Crippen LogP contribution < -0.4 is 0 Å². The second-order valence-corrected chi connectivity index (χ2v) is 6.87. The minimum Gasteiger partial charge on any atom is -0.393 e. The number of fused-ring (bicyclic) bond motifs is 1. The number of aliphatic hydroxyl groups excluding tert-OH is 4. The van der Waals surface area contributed by atoms with Gasteiger partial charge in [-0.1, -0.05) is 0 Å². The van der Waals surface area contributed by atoms with Gasteiger partial charge in [-0.05, 0) is 50.9 Å². The molecule has 2 aliphatic carbocycles. The Balaban J connectivity index is 1.65. The van der Waals surface area contributed by atoms with Crippen molar-refractivity contribution in [2.24, 2.45) is 11.8 Å². The second-order valence-electron chi connectivity index (χ2n) is 6.87. The molecule has 0 spiro atoms. The SMILES string of the molecule is OC1CCC(C2OC3CC(O)CC(O)C3CC2O)CC1. The average molecular weight is 286 g/mol. The second kappa shape index (κ2) is 5.89. The van der Waals surface area contributed by atoms with E-state index in [9.17, 15) is 20.4 Å². The molecule has 5 heteroatoms. The van der Waals surface area contributed by atoms with E-state index in [1.54, 1.807) is 0 Å². The Bertz CT molecular complexity index is 328. The van der Waals surface area contributed by atoms with Gasteiger partial charge in [0, 0.05) is 5.92 Å². The first-order valence-electron chi connectivity index (χ1n) is 7.92. The summed E-state index contributed by atoms with van der Waals surface area (Å²) in [4.78, 5) is 0. The van der Waals surface area contributed by atoms with Gasteiger partial charge in [-0.3, -0.25) is 0 Å². The van der Waals surface area contributed by atoms with Crippen LogP contribution in [0.25, 0.3) is 0 Å². The summed E-state index contributed by atoms with van der Waals surface area (Å²) in [7, 11) is 0. The lowest BCUT2D eigenvalue weighted by molar-refractivity contribution is -0.211. The molecule has 0 aromatic carbocycles. The molecule has 1 saturated heterocycles. The Hall–Kier alpha value is -0.200. The summed E-state index contributed by atoms with van der Waals surface area (Å²) in [5, 5.41) is 39.7. The van der Waals surface area contributed by atoms with Crippen molar-refractivity contribution in [1.29, 1.82) is 0 Å². The van der Waals surface area contributed by atoms with Gasteiger partial charge < -0.3 is 25.2 Å². The highest BCUT2D eigenvalue weighted by atomic mass is 16.5. The fourth-order valence-corrected chi connectivity index (χ4v) is 4.27.